The van der Waals surface area contributed by atoms with E-state index < -0.39 is 37.1 Å². The van der Waals surface area contributed by atoms with Crippen LogP contribution < -0.4 is 9.47 Å². The van der Waals surface area contributed by atoms with E-state index in [1.807, 2.05) is 36.4 Å². The summed E-state index contributed by atoms with van der Waals surface area (Å²) in [6.07, 6.45) is -1.96. The quantitative estimate of drug-likeness (QED) is 0.515. The van der Waals surface area contributed by atoms with Crippen molar-refractivity contribution in [3.63, 3.8) is 0 Å². The fraction of sp³-hybridized carbons (Fsp3) is 0.520. The predicted octanol–water partition coefficient (Wildman–Crippen LogP) is 1.52. The third-order valence-electron chi connectivity index (χ3n) is 6.60. The highest BCUT2D eigenvalue weighted by molar-refractivity contribution is 5.50. The number of hydrogen-bond acceptors (Lipinski definition) is 7. The average molecular weight is 443 g/mol. The Labute approximate surface area is 187 Å². The van der Waals surface area contributed by atoms with Crippen molar-refractivity contribution >= 4 is 0 Å². The van der Waals surface area contributed by atoms with Gasteiger partial charge in [-0.1, -0.05) is 12.1 Å². The van der Waals surface area contributed by atoms with E-state index in [1.54, 1.807) is 0 Å². The van der Waals surface area contributed by atoms with Crippen LogP contribution >= 0.6 is 0 Å². The van der Waals surface area contributed by atoms with Gasteiger partial charge in [0.05, 0.1) is 19.8 Å². The summed E-state index contributed by atoms with van der Waals surface area (Å²) in [6, 6.07) is 11.9. The molecule has 2 aromatic rings. The topological polar surface area (TPSA) is 109 Å². The molecule has 1 saturated carbocycles. The van der Waals surface area contributed by atoms with Gasteiger partial charge < -0.3 is 34.6 Å². The molecule has 0 spiro atoms. The summed E-state index contributed by atoms with van der Waals surface area (Å²) in [6.45, 7) is 0.924. The number of benzene rings is 2. The molecular weight excluding hydrogens is 412 g/mol. The zero-order chi connectivity index (χ0) is 22.2. The van der Waals surface area contributed by atoms with Gasteiger partial charge in [-0.25, -0.2) is 0 Å². The molecule has 0 amide bonds. The third-order valence-corrected chi connectivity index (χ3v) is 6.60. The minimum Gasteiger partial charge on any atom is -0.493 e. The van der Waals surface area contributed by atoms with Crippen molar-refractivity contribution in [2.75, 3.05) is 19.8 Å². The van der Waals surface area contributed by atoms with Crippen LogP contribution in [0.4, 0.5) is 0 Å². The fourth-order valence-corrected chi connectivity index (χ4v) is 4.51. The van der Waals surface area contributed by atoms with Gasteiger partial charge in [0.1, 0.15) is 42.0 Å². The molecule has 172 valence electrons. The molecule has 0 aromatic heterocycles. The smallest absolute Gasteiger partial charge is 0.126 e. The molecule has 0 radical (unpaired) electrons. The van der Waals surface area contributed by atoms with Crippen LogP contribution in [0, 0.1) is 5.92 Å². The summed E-state index contributed by atoms with van der Waals surface area (Å²) < 4.78 is 17.5. The number of aliphatic hydroxyl groups is 4. The molecule has 2 aliphatic heterocycles. The van der Waals surface area contributed by atoms with E-state index in [0.717, 1.165) is 41.2 Å². The minimum atomic E-state index is -1.40. The zero-order valence-corrected chi connectivity index (χ0v) is 17.9. The summed E-state index contributed by atoms with van der Waals surface area (Å²) in [5.41, 5.74) is 3.80. The maximum Gasteiger partial charge on any atom is 0.126 e. The van der Waals surface area contributed by atoms with E-state index in [9.17, 15) is 20.4 Å². The van der Waals surface area contributed by atoms with Crippen LogP contribution in [0.3, 0.4) is 0 Å². The molecule has 0 bridgehead atoms. The van der Waals surface area contributed by atoms with Gasteiger partial charge >= 0.3 is 0 Å². The van der Waals surface area contributed by atoms with Gasteiger partial charge in [-0.05, 0) is 65.3 Å². The molecule has 7 nitrogen and oxygen atoms in total. The SMILES string of the molecule is OC[C@H]1O[C@@H](c2cc3c(c(Cc4ccc(OCC5CC5)cc4)c2)OCC3)[C@H](O)[C@@H](O)[C@@H]1O. The molecule has 4 N–H and O–H groups in total. The summed E-state index contributed by atoms with van der Waals surface area (Å²) >= 11 is 0. The summed E-state index contributed by atoms with van der Waals surface area (Å²) in [5, 5.41) is 40.4. The van der Waals surface area contributed by atoms with E-state index in [0.29, 0.717) is 24.5 Å². The van der Waals surface area contributed by atoms with Crippen LogP contribution in [-0.2, 0) is 17.6 Å². The number of fused-ring (bicyclic) bond motifs is 1. The lowest BCUT2D eigenvalue weighted by Crippen LogP contribution is -2.55. The molecule has 5 rings (SSSR count). The first-order valence-electron chi connectivity index (χ1n) is 11.3. The molecule has 5 atom stereocenters. The monoisotopic (exact) mass is 442 g/mol. The van der Waals surface area contributed by atoms with E-state index >= 15 is 0 Å². The molecule has 2 fully saturated rings. The van der Waals surface area contributed by atoms with Crippen molar-refractivity contribution in [3.05, 3.63) is 58.7 Å². The van der Waals surface area contributed by atoms with Crippen LogP contribution in [0.1, 0.15) is 41.2 Å². The van der Waals surface area contributed by atoms with E-state index in [1.165, 1.54) is 12.8 Å². The van der Waals surface area contributed by atoms with E-state index in [4.69, 9.17) is 14.2 Å². The first kappa shape index (κ1) is 21.7. The second-order valence-electron chi connectivity index (χ2n) is 9.09. The minimum absolute atomic E-state index is 0.447. The molecule has 32 heavy (non-hydrogen) atoms. The highest BCUT2D eigenvalue weighted by atomic mass is 16.5. The lowest BCUT2D eigenvalue weighted by atomic mass is 9.88. The number of rotatable bonds is 7. The largest absolute Gasteiger partial charge is 0.493 e. The van der Waals surface area contributed by atoms with Crippen molar-refractivity contribution in [1.29, 1.82) is 0 Å². The lowest BCUT2D eigenvalue weighted by molar-refractivity contribution is -0.231. The molecule has 1 aliphatic carbocycles. The Kier molecular flexibility index (Phi) is 6.09. The maximum absolute atomic E-state index is 10.6. The second-order valence-corrected chi connectivity index (χ2v) is 9.09. The number of ether oxygens (including phenoxy) is 3. The zero-order valence-electron chi connectivity index (χ0n) is 17.9. The molecule has 1 saturated heterocycles. The first-order chi connectivity index (χ1) is 15.5. The Morgan fingerprint density at radius 3 is 2.47 bits per heavy atom. The molecule has 2 heterocycles. The van der Waals surface area contributed by atoms with Crippen molar-refractivity contribution in [2.24, 2.45) is 5.92 Å². The van der Waals surface area contributed by atoms with Gasteiger partial charge in [0.15, 0.2) is 0 Å². The van der Waals surface area contributed by atoms with Gasteiger partial charge in [0.2, 0.25) is 0 Å². The summed E-state index contributed by atoms with van der Waals surface area (Å²) in [7, 11) is 0. The van der Waals surface area contributed by atoms with Gasteiger partial charge in [-0.3, -0.25) is 0 Å². The number of aliphatic hydroxyl groups excluding tert-OH is 4. The standard InChI is InChI=1S/C25H30O7/c26-12-20-21(27)22(28)23(29)25(32-20)18-10-16-7-8-30-24(16)17(11-18)9-14-3-5-19(6-4-14)31-13-15-1-2-15/h3-6,10-11,15,20-23,25-29H,1-2,7-9,12-13H2/t20-,21-,22+,23-,25+/m1/s1. The van der Waals surface area contributed by atoms with Crippen molar-refractivity contribution in [1.82, 2.24) is 0 Å². The average Bonchev–Trinajstić information content (AvgIpc) is 3.51. The van der Waals surface area contributed by atoms with Crippen LogP contribution in [0.15, 0.2) is 36.4 Å². The van der Waals surface area contributed by atoms with Crippen molar-refractivity contribution in [3.8, 4) is 11.5 Å². The molecule has 3 aliphatic rings. The Hall–Kier alpha value is -2.16. The van der Waals surface area contributed by atoms with Gasteiger partial charge in [0, 0.05) is 12.8 Å². The molecule has 2 aromatic carbocycles. The maximum atomic E-state index is 10.6. The Morgan fingerprint density at radius 1 is 0.969 bits per heavy atom. The highest BCUT2D eigenvalue weighted by Gasteiger charge is 2.44. The predicted molar refractivity (Wildman–Crippen MR) is 116 cm³/mol. The summed E-state index contributed by atoms with van der Waals surface area (Å²) in [4.78, 5) is 0. The Bertz CT molecular complexity index is 938. The van der Waals surface area contributed by atoms with E-state index in [2.05, 4.69) is 0 Å². The summed E-state index contributed by atoms with van der Waals surface area (Å²) in [5.74, 6) is 2.43. The van der Waals surface area contributed by atoms with Crippen LogP contribution in [0.2, 0.25) is 0 Å². The normalized spacial score (nSPS) is 29.4. The van der Waals surface area contributed by atoms with Crippen molar-refractivity contribution < 1.29 is 34.6 Å². The van der Waals surface area contributed by atoms with Crippen LogP contribution in [0.25, 0.3) is 0 Å². The van der Waals surface area contributed by atoms with Gasteiger partial charge in [0.25, 0.3) is 0 Å². The highest BCUT2D eigenvalue weighted by Crippen LogP contribution is 2.39. The van der Waals surface area contributed by atoms with Crippen LogP contribution in [-0.4, -0.2) is 64.7 Å². The molecule has 7 heteroatoms. The number of hydrogen-bond donors (Lipinski definition) is 4. The first-order valence-corrected chi connectivity index (χ1v) is 11.3. The molecule has 0 unspecified atom stereocenters. The fourth-order valence-electron chi connectivity index (χ4n) is 4.51. The van der Waals surface area contributed by atoms with Crippen LogP contribution in [0.5, 0.6) is 11.5 Å². The van der Waals surface area contributed by atoms with Crippen molar-refractivity contribution in [2.45, 2.75) is 56.2 Å². The van der Waals surface area contributed by atoms with E-state index in [-0.39, 0.29) is 0 Å². The van der Waals surface area contributed by atoms with Gasteiger partial charge in [-0.15, -0.1) is 0 Å². The lowest BCUT2D eigenvalue weighted by Gasteiger charge is -2.40. The third kappa shape index (κ3) is 4.36. The van der Waals surface area contributed by atoms with Gasteiger partial charge in [-0.2, -0.15) is 0 Å². The second kappa shape index (κ2) is 9.00. The Balaban J connectivity index is 1.38. The Morgan fingerprint density at radius 2 is 1.75 bits per heavy atom. The molecular formula is C25H30O7.